The Labute approximate surface area is 155 Å². The van der Waals surface area contributed by atoms with E-state index in [1.165, 1.54) is 41.9 Å². The molecular formula is C20H19FN4O2. The Morgan fingerprint density at radius 3 is 2.59 bits per heavy atom. The van der Waals surface area contributed by atoms with Crippen LogP contribution >= 0.6 is 0 Å². The number of carbonyl (C=O) groups is 1. The number of nitrogens with zero attached hydrogens (tertiary/aromatic N) is 3. The Hall–Kier alpha value is -3.22. The van der Waals surface area contributed by atoms with Crippen LogP contribution in [0.5, 0.6) is 0 Å². The second-order valence-corrected chi connectivity index (χ2v) is 6.63. The lowest BCUT2D eigenvalue weighted by Crippen LogP contribution is -2.28. The van der Waals surface area contributed by atoms with E-state index in [2.05, 4.69) is 15.2 Å². The average Bonchev–Trinajstić information content (AvgIpc) is 3.19. The van der Waals surface area contributed by atoms with Gasteiger partial charge in [-0.3, -0.25) is 14.2 Å². The maximum absolute atomic E-state index is 13.2. The third kappa shape index (κ3) is 3.67. The minimum atomic E-state index is -0.456. The number of carbonyl (C=O) groups excluding carboxylic acids is 1. The molecule has 7 heteroatoms. The molecule has 2 heterocycles. The SMILES string of the molecule is O=C(Cn1cnc2cc(F)ccc2c1=O)Nc1ccc(N2CCCC2)cc1. The molecule has 2 aromatic carbocycles. The van der Waals surface area contributed by atoms with Gasteiger partial charge < -0.3 is 10.2 Å². The van der Waals surface area contributed by atoms with Crippen molar-refractivity contribution >= 4 is 28.2 Å². The van der Waals surface area contributed by atoms with Gasteiger partial charge in [0.05, 0.1) is 17.2 Å². The van der Waals surface area contributed by atoms with Crippen LogP contribution in [0.25, 0.3) is 10.9 Å². The van der Waals surface area contributed by atoms with Crippen LogP contribution in [0.2, 0.25) is 0 Å². The van der Waals surface area contributed by atoms with Crippen LogP contribution in [0.3, 0.4) is 0 Å². The summed E-state index contributed by atoms with van der Waals surface area (Å²) in [6.45, 7) is 1.97. The monoisotopic (exact) mass is 366 g/mol. The summed E-state index contributed by atoms with van der Waals surface area (Å²) in [4.78, 5) is 31.1. The van der Waals surface area contributed by atoms with Gasteiger partial charge in [0.2, 0.25) is 5.91 Å². The summed E-state index contributed by atoms with van der Waals surface area (Å²) in [6, 6.07) is 11.5. The number of halogens is 1. The Kier molecular flexibility index (Phi) is 4.58. The van der Waals surface area contributed by atoms with Crippen molar-refractivity contribution in [1.82, 2.24) is 9.55 Å². The minimum absolute atomic E-state index is 0.160. The zero-order valence-corrected chi connectivity index (χ0v) is 14.7. The number of amides is 1. The zero-order chi connectivity index (χ0) is 18.8. The lowest BCUT2D eigenvalue weighted by Gasteiger charge is -2.17. The number of fused-ring (bicyclic) bond motifs is 1. The molecule has 27 heavy (non-hydrogen) atoms. The van der Waals surface area contributed by atoms with Gasteiger partial charge in [-0.25, -0.2) is 9.37 Å². The summed E-state index contributed by atoms with van der Waals surface area (Å²) >= 11 is 0. The number of rotatable bonds is 4. The number of benzene rings is 2. The summed E-state index contributed by atoms with van der Waals surface area (Å²) in [6.07, 6.45) is 3.68. The molecule has 0 atom stereocenters. The fourth-order valence-corrected chi connectivity index (χ4v) is 3.33. The molecule has 138 valence electrons. The first-order valence-corrected chi connectivity index (χ1v) is 8.90. The molecular weight excluding hydrogens is 347 g/mol. The predicted octanol–water partition coefficient (Wildman–Crippen LogP) is 2.77. The third-order valence-electron chi connectivity index (χ3n) is 4.72. The summed E-state index contributed by atoms with van der Waals surface area (Å²) < 4.78 is 14.4. The summed E-state index contributed by atoms with van der Waals surface area (Å²) in [7, 11) is 0. The molecule has 0 unspecified atom stereocenters. The van der Waals surface area contributed by atoms with Crippen LogP contribution < -0.4 is 15.8 Å². The maximum atomic E-state index is 13.2. The minimum Gasteiger partial charge on any atom is -0.372 e. The number of hydrogen-bond acceptors (Lipinski definition) is 4. The fourth-order valence-electron chi connectivity index (χ4n) is 3.33. The van der Waals surface area contributed by atoms with Gasteiger partial charge in [0.15, 0.2) is 0 Å². The standard InChI is InChI=1S/C20H19FN4O2/c21-14-3-8-17-18(11-14)22-13-25(20(17)27)12-19(26)23-15-4-6-16(7-5-15)24-9-1-2-10-24/h3-8,11,13H,1-2,9-10,12H2,(H,23,26). The average molecular weight is 366 g/mol. The fraction of sp³-hybridized carbons (Fsp3) is 0.250. The van der Waals surface area contributed by atoms with Crippen LogP contribution in [0, 0.1) is 5.82 Å². The van der Waals surface area contributed by atoms with Crippen LogP contribution in [-0.4, -0.2) is 28.5 Å². The smallest absolute Gasteiger partial charge is 0.261 e. The molecule has 1 saturated heterocycles. The molecule has 0 spiro atoms. The van der Waals surface area contributed by atoms with Gasteiger partial charge in [-0.15, -0.1) is 0 Å². The Balaban J connectivity index is 1.46. The molecule has 0 radical (unpaired) electrons. The molecule has 0 saturated carbocycles. The topological polar surface area (TPSA) is 67.2 Å². The highest BCUT2D eigenvalue weighted by Crippen LogP contribution is 2.22. The van der Waals surface area contributed by atoms with Gasteiger partial charge in [0.1, 0.15) is 12.4 Å². The molecule has 1 aromatic heterocycles. The van der Waals surface area contributed by atoms with Gasteiger partial charge in [0, 0.05) is 30.5 Å². The first kappa shape index (κ1) is 17.2. The summed E-state index contributed by atoms with van der Waals surface area (Å²) in [5, 5.41) is 3.07. The second-order valence-electron chi connectivity index (χ2n) is 6.63. The first-order valence-electron chi connectivity index (χ1n) is 8.90. The van der Waals surface area contributed by atoms with E-state index in [-0.39, 0.29) is 28.9 Å². The highest BCUT2D eigenvalue weighted by molar-refractivity contribution is 5.91. The van der Waals surface area contributed by atoms with Crippen molar-refractivity contribution in [3.8, 4) is 0 Å². The molecule has 0 bridgehead atoms. The van der Waals surface area contributed by atoms with Crippen molar-refractivity contribution in [3.05, 3.63) is 65.0 Å². The van der Waals surface area contributed by atoms with Gasteiger partial charge in [-0.05, 0) is 49.2 Å². The van der Waals surface area contributed by atoms with E-state index >= 15 is 0 Å². The van der Waals surface area contributed by atoms with Crippen molar-refractivity contribution in [2.75, 3.05) is 23.3 Å². The molecule has 1 fully saturated rings. The zero-order valence-electron chi connectivity index (χ0n) is 14.7. The number of aromatic nitrogens is 2. The second kappa shape index (κ2) is 7.19. The molecule has 1 aliphatic rings. The van der Waals surface area contributed by atoms with Crippen LogP contribution in [0.15, 0.2) is 53.6 Å². The molecule has 1 aliphatic heterocycles. The lowest BCUT2D eigenvalue weighted by molar-refractivity contribution is -0.116. The molecule has 1 amide bonds. The Morgan fingerprint density at radius 1 is 1.11 bits per heavy atom. The van der Waals surface area contributed by atoms with Gasteiger partial charge in [0.25, 0.3) is 5.56 Å². The van der Waals surface area contributed by atoms with E-state index < -0.39 is 5.82 Å². The van der Waals surface area contributed by atoms with E-state index in [0.29, 0.717) is 5.69 Å². The molecule has 1 N–H and O–H groups in total. The number of anilines is 2. The van der Waals surface area contributed by atoms with Crippen LogP contribution in [0.4, 0.5) is 15.8 Å². The van der Waals surface area contributed by atoms with E-state index in [9.17, 15) is 14.0 Å². The first-order chi connectivity index (χ1) is 13.1. The van der Waals surface area contributed by atoms with Crippen molar-refractivity contribution in [1.29, 1.82) is 0 Å². The van der Waals surface area contributed by atoms with Crippen LogP contribution in [0.1, 0.15) is 12.8 Å². The largest absolute Gasteiger partial charge is 0.372 e. The molecule has 3 aromatic rings. The number of hydrogen-bond donors (Lipinski definition) is 1. The van der Waals surface area contributed by atoms with Crippen molar-refractivity contribution < 1.29 is 9.18 Å². The Bertz CT molecular complexity index is 1040. The van der Waals surface area contributed by atoms with Crippen molar-refractivity contribution in [2.24, 2.45) is 0 Å². The van der Waals surface area contributed by atoms with Gasteiger partial charge in [-0.2, -0.15) is 0 Å². The lowest BCUT2D eigenvalue weighted by atomic mass is 10.2. The molecule has 6 nitrogen and oxygen atoms in total. The molecule has 4 rings (SSSR count). The quantitative estimate of drug-likeness (QED) is 0.771. The van der Waals surface area contributed by atoms with E-state index in [0.717, 1.165) is 18.8 Å². The summed E-state index contributed by atoms with van der Waals surface area (Å²) in [5.41, 5.74) is 1.72. The molecule has 0 aliphatic carbocycles. The van der Waals surface area contributed by atoms with E-state index in [4.69, 9.17) is 0 Å². The van der Waals surface area contributed by atoms with Gasteiger partial charge in [-0.1, -0.05) is 0 Å². The highest BCUT2D eigenvalue weighted by atomic mass is 19.1. The maximum Gasteiger partial charge on any atom is 0.261 e. The highest BCUT2D eigenvalue weighted by Gasteiger charge is 2.13. The van der Waals surface area contributed by atoms with Crippen LogP contribution in [-0.2, 0) is 11.3 Å². The summed E-state index contributed by atoms with van der Waals surface area (Å²) in [5.74, 6) is -0.781. The number of nitrogens with one attached hydrogen (secondary N) is 1. The van der Waals surface area contributed by atoms with E-state index in [1.807, 2.05) is 24.3 Å². The van der Waals surface area contributed by atoms with Gasteiger partial charge >= 0.3 is 0 Å². The predicted molar refractivity (Wildman–Crippen MR) is 102 cm³/mol. The van der Waals surface area contributed by atoms with Crippen molar-refractivity contribution in [3.63, 3.8) is 0 Å². The third-order valence-corrected chi connectivity index (χ3v) is 4.72. The van der Waals surface area contributed by atoms with E-state index in [1.54, 1.807) is 0 Å². The Morgan fingerprint density at radius 2 is 1.85 bits per heavy atom. The normalized spacial score (nSPS) is 13.9. The van der Waals surface area contributed by atoms with Crippen molar-refractivity contribution in [2.45, 2.75) is 19.4 Å².